The number of benzene rings is 1. The Morgan fingerprint density at radius 1 is 1.29 bits per heavy atom. The second kappa shape index (κ2) is 7.28. The van der Waals surface area contributed by atoms with E-state index in [1.165, 1.54) is 17.5 Å². The maximum Gasteiger partial charge on any atom is 0.127 e. The van der Waals surface area contributed by atoms with Crippen molar-refractivity contribution in [3.05, 3.63) is 29.6 Å². The van der Waals surface area contributed by atoms with Crippen LogP contribution >= 0.6 is 11.6 Å². The lowest BCUT2D eigenvalue weighted by Gasteiger charge is -2.21. The van der Waals surface area contributed by atoms with Crippen LogP contribution in [0.15, 0.2) is 18.2 Å². The monoisotopic (exact) mass is 307 g/mol. The Hall–Kier alpha value is -1.06. The van der Waals surface area contributed by atoms with Crippen molar-refractivity contribution in [2.45, 2.75) is 46.0 Å². The van der Waals surface area contributed by atoms with Crippen molar-refractivity contribution in [3.63, 3.8) is 0 Å². The molecule has 0 aliphatic rings. The molecule has 0 aliphatic heterocycles. The zero-order valence-corrected chi connectivity index (χ0v) is 14.3. The molecule has 0 spiro atoms. The van der Waals surface area contributed by atoms with Gasteiger partial charge in [-0.2, -0.15) is 0 Å². The molecule has 4 heteroatoms. The van der Waals surface area contributed by atoms with Gasteiger partial charge in [0.05, 0.1) is 16.4 Å². The molecule has 0 radical (unpaired) electrons. The van der Waals surface area contributed by atoms with E-state index in [0.29, 0.717) is 0 Å². The second-order valence-electron chi connectivity index (χ2n) is 5.66. The van der Waals surface area contributed by atoms with Crippen molar-refractivity contribution in [1.82, 2.24) is 14.5 Å². The van der Waals surface area contributed by atoms with Gasteiger partial charge in [-0.05, 0) is 51.1 Å². The number of nitrogens with zero attached hydrogens (tertiary/aromatic N) is 3. The van der Waals surface area contributed by atoms with Crippen LogP contribution in [0.1, 0.15) is 44.0 Å². The molecule has 0 fully saturated rings. The Kier molecular flexibility index (Phi) is 5.65. The largest absolute Gasteiger partial charge is 0.325 e. The van der Waals surface area contributed by atoms with E-state index >= 15 is 0 Å². The summed E-state index contributed by atoms with van der Waals surface area (Å²) in [6.07, 6.45) is 1.19. The highest BCUT2D eigenvalue weighted by atomic mass is 35.5. The maximum atomic E-state index is 6.33. The molecule has 3 nitrogen and oxygen atoms in total. The first kappa shape index (κ1) is 16.3. The molecule has 1 aromatic carbocycles. The van der Waals surface area contributed by atoms with Gasteiger partial charge in [0.25, 0.3) is 0 Å². The molecule has 0 saturated carbocycles. The average Bonchev–Trinajstić information content (AvgIpc) is 2.81. The minimum absolute atomic E-state index is 0.0704. The highest BCUT2D eigenvalue weighted by molar-refractivity contribution is 6.20. The van der Waals surface area contributed by atoms with E-state index < -0.39 is 0 Å². The van der Waals surface area contributed by atoms with Gasteiger partial charge in [0.2, 0.25) is 0 Å². The quantitative estimate of drug-likeness (QED) is 0.708. The molecule has 1 aromatic heterocycles. The lowest BCUT2D eigenvalue weighted by Crippen LogP contribution is -2.28. The average molecular weight is 308 g/mol. The molecule has 0 aliphatic carbocycles. The van der Waals surface area contributed by atoms with Crippen LogP contribution in [0.25, 0.3) is 11.0 Å². The summed E-state index contributed by atoms with van der Waals surface area (Å²) in [5.74, 6) is 0.977. The summed E-state index contributed by atoms with van der Waals surface area (Å²) >= 11 is 6.33. The lowest BCUT2D eigenvalue weighted by atomic mass is 10.2. The van der Waals surface area contributed by atoms with E-state index in [-0.39, 0.29) is 5.38 Å². The minimum atomic E-state index is -0.0704. The normalized spacial score (nSPS) is 13.2. The van der Waals surface area contributed by atoms with Gasteiger partial charge in [0.15, 0.2) is 0 Å². The van der Waals surface area contributed by atoms with E-state index in [1.807, 2.05) is 6.92 Å². The fourth-order valence-corrected chi connectivity index (χ4v) is 2.94. The fraction of sp³-hybridized carbons (Fsp3) is 0.588. The number of aryl methyl sites for hydroxylation is 1. The van der Waals surface area contributed by atoms with Crippen molar-refractivity contribution >= 4 is 22.6 Å². The smallest absolute Gasteiger partial charge is 0.127 e. The topological polar surface area (TPSA) is 21.1 Å². The molecule has 2 aromatic rings. The molecule has 2 rings (SSSR count). The highest BCUT2D eigenvalue weighted by Crippen LogP contribution is 2.25. The van der Waals surface area contributed by atoms with Gasteiger partial charge < -0.3 is 9.47 Å². The van der Waals surface area contributed by atoms with Crippen LogP contribution in [-0.4, -0.2) is 34.1 Å². The summed E-state index contributed by atoms with van der Waals surface area (Å²) in [7, 11) is 0. The van der Waals surface area contributed by atoms with Crippen LogP contribution < -0.4 is 0 Å². The molecule has 1 heterocycles. The number of hydrogen-bond acceptors (Lipinski definition) is 2. The molecule has 21 heavy (non-hydrogen) atoms. The van der Waals surface area contributed by atoms with E-state index in [1.54, 1.807) is 0 Å². The third-order valence-corrected chi connectivity index (χ3v) is 4.11. The van der Waals surface area contributed by atoms with Crippen LogP contribution in [0.4, 0.5) is 0 Å². The predicted molar refractivity (Wildman–Crippen MR) is 91.1 cm³/mol. The first-order valence-corrected chi connectivity index (χ1v) is 8.33. The zero-order chi connectivity index (χ0) is 15.4. The van der Waals surface area contributed by atoms with E-state index in [0.717, 1.165) is 37.5 Å². The van der Waals surface area contributed by atoms with Gasteiger partial charge in [-0.15, -0.1) is 11.6 Å². The Labute approximate surface area is 132 Å². The summed E-state index contributed by atoms with van der Waals surface area (Å²) in [6.45, 7) is 12.8. The molecule has 116 valence electrons. The Morgan fingerprint density at radius 3 is 2.67 bits per heavy atom. The molecule has 0 bridgehead atoms. The van der Waals surface area contributed by atoms with E-state index in [2.05, 4.69) is 48.4 Å². The Bertz CT molecular complexity index is 589. The fourth-order valence-electron chi connectivity index (χ4n) is 2.78. The van der Waals surface area contributed by atoms with Crippen LogP contribution in [0.2, 0.25) is 0 Å². The van der Waals surface area contributed by atoms with Crippen LogP contribution in [0, 0.1) is 6.92 Å². The Morgan fingerprint density at radius 2 is 2.05 bits per heavy atom. The molecule has 1 unspecified atom stereocenters. The van der Waals surface area contributed by atoms with Gasteiger partial charge >= 0.3 is 0 Å². The SMILES string of the molecule is CCCN(CC)CCn1c(C(C)Cl)nc2ccc(C)cc21. The highest BCUT2D eigenvalue weighted by Gasteiger charge is 2.15. The van der Waals surface area contributed by atoms with E-state index in [4.69, 9.17) is 16.6 Å². The number of likely N-dealkylation sites (N-methyl/N-ethyl adjacent to an activating group) is 1. The van der Waals surface area contributed by atoms with Crippen LogP contribution in [-0.2, 0) is 6.54 Å². The summed E-state index contributed by atoms with van der Waals surface area (Å²) in [4.78, 5) is 7.19. The first-order valence-electron chi connectivity index (χ1n) is 7.90. The van der Waals surface area contributed by atoms with Crippen molar-refractivity contribution in [2.24, 2.45) is 0 Å². The van der Waals surface area contributed by atoms with Gasteiger partial charge in [0.1, 0.15) is 5.82 Å². The van der Waals surface area contributed by atoms with Gasteiger partial charge in [0, 0.05) is 13.1 Å². The van der Waals surface area contributed by atoms with E-state index in [9.17, 15) is 0 Å². The first-order chi connectivity index (χ1) is 10.1. The van der Waals surface area contributed by atoms with Gasteiger partial charge in [-0.3, -0.25) is 0 Å². The summed E-state index contributed by atoms with van der Waals surface area (Å²) < 4.78 is 2.29. The number of halogens is 1. The Balaban J connectivity index is 2.31. The summed E-state index contributed by atoms with van der Waals surface area (Å²) in [5.41, 5.74) is 3.50. The van der Waals surface area contributed by atoms with Crippen molar-refractivity contribution in [1.29, 1.82) is 0 Å². The molecule has 0 amide bonds. The van der Waals surface area contributed by atoms with Crippen molar-refractivity contribution in [2.75, 3.05) is 19.6 Å². The second-order valence-corrected chi connectivity index (χ2v) is 6.32. The van der Waals surface area contributed by atoms with Crippen LogP contribution in [0.5, 0.6) is 0 Å². The predicted octanol–water partition coefficient (Wildman–Crippen LogP) is 4.38. The molecule has 1 atom stereocenters. The molecular formula is C17H26ClN3. The molecular weight excluding hydrogens is 282 g/mol. The summed E-state index contributed by atoms with van der Waals surface area (Å²) in [6, 6.07) is 6.41. The number of hydrogen-bond donors (Lipinski definition) is 0. The minimum Gasteiger partial charge on any atom is -0.325 e. The number of rotatable bonds is 7. The van der Waals surface area contributed by atoms with Crippen molar-refractivity contribution in [3.8, 4) is 0 Å². The van der Waals surface area contributed by atoms with Gasteiger partial charge in [-0.1, -0.05) is 19.9 Å². The number of imidazole rings is 1. The third-order valence-electron chi connectivity index (χ3n) is 3.92. The number of fused-ring (bicyclic) bond motifs is 1. The van der Waals surface area contributed by atoms with Gasteiger partial charge in [-0.25, -0.2) is 4.98 Å². The molecule has 0 saturated heterocycles. The summed E-state index contributed by atoms with van der Waals surface area (Å²) in [5, 5.41) is -0.0704. The number of aromatic nitrogens is 2. The molecule has 0 N–H and O–H groups in total. The standard InChI is InChI=1S/C17H26ClN3/c1-5-9-20(6-2)10-11-21-16-12-13(3)7-8-15(16)19-17(21)14(4)18/h7-8,12,14H,5-6,9-11H2,1-4H3. The number of alkyl halides is 1. The zero-order valence-electron chi connectivity index (χ0n) is 13.6. The van der Waals surface area contributed by atoms with Crippen LogP contribution in [0.3, 0.4) is 0 Å². The third kappa shape index (κ3) is 3.78. The lowest BCUT2D eigenvalue weighted by molar-refractivity contribution is 0.276. The van der Waals surface area contributed by atoms with Crippen molar-refractivity contribution < 1.29 is 0 Å². The maximum absolute atomic E-state index is 6.33.